The van der Waals surface area contributed by atoms with Gasteiger partial charge in [-0.05, 0) is 30.5 Å². The van der Waals surface area contributed by atoms with Crippen molar-refractivity contribution in [1.29, 1.82) is 0 Å². The van der Waals surface area contributed by atoms with Crippen molar-refractivity contribution >= 4 is 0 Å². The van der Waals surface area contributed by atoms with Gasteiger partial charge in [0.15, 0.2) is 0 Å². The van der Waals surface area contributed by atoms with Crippen molar-refractivity contribution in [2.45, 2.75) is 12.8 Å². The van der Waals surface area contributed by atoms with Crippen molar-refractivity contribution < 1.29 is 9.84 Å². The highest BCUT2D eigenvalue weighted by Gasteiger charge is 2.02. The van der Waals surface area contributed by atoms with E-state index >= 15 is 0 Å². The molecule has 0 saturated heterocycles. The molecule has 0 atom stereocenters. The van der Waals surface area contributed by atoms with Crippen LogP contribution in [0.1, 0.15) is 11.1 Å². The number of aromatic hydroxyl groups is 1. The van der Waals surface area contributed by atoms with E-state index in [4.69, 9.17) is 4.74 Å². The summed E-state index contributed by atoms with van der Waals surface area (Å²) >= 11 is 0. The van der Waals surface area contributed by atoms with Gasteiger partial charge in [-0.25, -0.2) is 0 Å². The average molecular weight is 217 g/mol. The van der Waals surface area contributed by atoms with E-state index in [0.717, 1.165) is 24.2 Å². The van der Waals surface area contributed by atoms with E-state index in [1.165, 1.54) is 5.56 Å². The van der Waals surface area contributed by atoms with Crippen molar-refractivity contribution in [2.24, 2.45) is 0 Å². The van der Waals surface area contributed by atoms with E-state index in [9.17, 15) is 5.11 Å². The lowest BCUT2D eigenvalue weighted by molar-refractivity contribution is 0.414. The first-order valence-corrected chi connectivity index (χ1v) is 5.27. The Labute approximate surface area is 94.7 Å². The number of H-pyrrole nitrogens is 1. The first kappa shape index (κ1) is 10.6. The first-order valence-electron chi connectivity index (χ1n) is 5.27. The van der Waals surface area contributed by atoms with E-state index in [2.05, 4.69) is 4.98 Å². The number of ether oxygens (including phenoxy) is 1. The maximum atomic E-state index is 9.46. The van der Waals surface area contributed by atoms with Crippen LogP contribution >= 0.6 is 0 Å². The fraction of sp³-hybridized carbons (Fsp3) is 0.231. The Morgan fingerprint density at radius 2 is 1.88 bits per heavy atom. The molecule has 2 aromatic rings. The molecule has 0 bridgehead atoms. The van der Waals surface area contributed by atoms with Crippen molar-refractivity contribution in [3.63, 3.8) is 0 Å². The fourth-order valence-corrected chi connectivity index (χ4v) is 1.66. The number of aryl methyl sites for hydroxylation is 2. The second-order valence-corrected chi connectivity index (χ2v) is 3.71. The topological polar surface area (TPSA) is 45.2 Å². The number of nitrogens with one attached hydrogen (secondary N) is 1. The van der Waals surface area contributed by atoms with E-state index in [0.29, 0.717) is 5.75 Å². The van der Waals surface area contributed by atoms with Gasteiger partial charge in [-0.1, -0.05) is 12.1 Å². The minimum atomic E-state index is 0.341. The number of hydrogen-bond acceptors (Lipinski definition) is 2. The summed E-state index contributed by atoms with van der Waals surface area (Å²) in [4.78, 5) is 2.88. The van der Waals surface area contributed by atoms with Gasteiger partial charge in [0.05, 0.1) is 7.11 Å². The lowest BCUT2D eigenvalue weighted by Crippen LogP contribution is -1.90. The van der Waals surface area contributed by atoms with E-state index in [1.807, 2.05) is 30.5 Å². The molecule has 0 aliphatic rings. The van der Waals surface area contributed by atoms with E-state index < -0.39 is 0 Å². The molecule has 1 aromatic heterocycles. The Bertz CT molecular complexity index is 445. The van der Waals surface area contributed by atoms with Crippen LogP contribution in [0.25, 0.3) is 0 Å². The molecular weight excluding hydrogens is 202 g/mol. The van der Waals surface area contributed by atoms with Gasteiger partial charge < -0.3 is 14.8 Å². The largest absolute Gasteiger partial charge is 0.506 e. The lowest BCUT2D eigenvalue weighted by atomic mass is 10.1. The zero-order valence-corrected chi connectivity index (χ0v) is 9.23. The van der Waals surface area contributed by atoms with Crippen LogP contribution in [0.2, 0.25) is 0 Å². The van der Waals surface area contributed by atoms with Crippen molar-refractivity contribution in [2.75, 3.05) is 7.11 Å². The highest BCUT2D eigenvalue weighted by Crippen LogP contribution is 2.18. The summed E-state index contributed by atoms with van der Waals surface area (Å²) in [7, 11) is 1.66. The third kappa shape index (κ3) is 2.37. The first-order chi connectivity index (χ1) is 7.79. The normalized spacial score (nSPS) is 10.3. The van der Waals surface area contributed by atoms with Crippen LogP contribution in [0.15, 0.2) is 36.7 Å². The van der Waals surface area contributed by atoms with Gasteiger partial charge in [0.2, 0.25) is 0 Å². The van der Waals surface area contributed by atoms with Gasteiger partial charge in [0, 0.05) is 18.0 Å². The summed E-state index contributed by atoms with van der Waals surface area (Å²) in [5.41, 5.74) is 2.19. The number of hydrogen-bond donors (Lipinski definition) is 2. The predicted molar refractivity (Wildman–Crippen MR) is 62.9 cm³/mol. The predicted octanol–water partition coefficient (Wildman–Crippen LogP) is 2.51. The molecule has 0 unspecified atom stereocenters. The summed E-state index contributed by atoms with van der Waals surface area (Å²) < 4.78 is 5.09. The molecule has 0 aliphatic carbocycles. The van der Waals surface area contributed by atoms with Gasteiger partial charge in [-0.2, -0.15) is 0 Å². The lowest BCUT2D eigenvalue weighted by Gasteiger charge is -2.03. The van der Waals surface area contributed by atoms with Crippen molar-refractivity contribution in [3.05, 3.63) is 47.8 Å². The fourth-order valence-electron chi connectivity index (χ4n) is 1.66. The molecule has 3 nitrogen and oxygen atoms in total. The van der Waals surface area contributed by atoms with Crippen LogP contribution in [-0.4, -0.2) is 17.2 Å². The Hall–Kier alpha value is -1.90. The maximum Gasteiger partial charge on any atom is 0.136 e. The summed E-state index contributed by atoms with van der Waals surface area (Å²) in [5.74, 6) is 1.21. The zero-order chi connectivity index (χ0) is 11.4. The average Bonchev–Trinajstić information content (AvgIpc) is 2.73. The monoisotopic (exact) mass is 217 g/mol. The molecule has 16 heavy (non-hydrogen) atoms. The molecule has 0 spiro atoms. The van der Waals surface area contributed by atoms with Crippen LogP contribution in [0.4, 0.5) is 0 Å². The highest BCUT2D eigenvalue weighted by molar-refractivity contribution is 5.31. The number of aromatic amines is 1. The zero-order valence-electron chi connectivity index (χ0n) is 9.23. The molecular formula is C13H15NO2. The Morgan fingerprint density at radius 1 is 1.12 bits per heavy atom. The van der Waals surface area contributed by atoms with E-state index in [1.54, 1.807) is 13.3 Å². The van der Waals surface area contributed by atoms with Crippen LogP contribution in [-0.2, 0) is 12.8 Å². The van der Waals surface area contributed by atoms with Gasteiger partial charge in [0.25, 0.3) is 0 Å². The van der Waals surface area contributed by atoms with Crippen LogP contribution in [0, 0.1) is 0 Å². The Morgan fingerprint density at radius 3 is 2.44 bits per heavy atom. The second kappa shape index (κ2) is 4.75. The van der Waals surface area contributed by atoms with E-state index in [-0.39, 0.29) is 0 Å². The molecule has 0 radical (unpaired) electrons. The highest BCUT2D eigenvalue weighted by atomic mass is 16.5. The molecule has 2 rings (SSSR count). The van der Waals surface area contributed by atoms with Gasteiger partial charge >= 0.3 is 0 Å². The molecule has 1 aromatic carbocycles. The summed E-state index contributed by atoms with van der Waals surface area (Å²) in [6.45, 7) is 0. The molecule has 0 aliphatic heterocycles. The third-order valence-electron chi connectivity index (χ3n) is 2.65. The molecule has 84 valence electrons. The molecule has 0 saturated carbocycles. The number of rotatable bonds is 4. The third-order valence-corrected chi connectivity index (χ3v) is 2.65. The number of benzene rings is 1. The standard InChI is InChI=1S/C13H15NO2/c1-16-12-6-3-10(4-7-12)2-5-11-8-14-9-13(11)15/h3-4,6-9,14-15H,2,5H2,1H3. The molecule has 0 amide bonds. The maximum absolute atomic E-state index is 9.46. The number of aromatic nitrogens is 1. The second-order valence-electron chi connectivity index (χ2n) is 3.71. The molecule has 0 fully saturated rings. The van der Waals surface area contributed by atoms with Crippen LogP contribution in [0.5, 0.6) is 11.5 Å². The van der Waals surface area contributed by atoms with Gasteiger partial charge in [-0.15, -0.1) is 0 Å². The molecule has 1 heterocycles. The van der Waals surface area contributed by atoms with Gasteiger partial charge in [0.1, 0.15) is 11.5 Å². The summed E-state index contributed by atoms with van der Waals surface area (Å²) in [6.07, 6.45) is 5.18. The van der Waals surface area contributed by atoms with Gasteiger partial charge in [-0.3, -0.25) is 0 Å². The minimum absolute atomic E-state index is 0.341. The quantitative estimate of drug-likeness (QED) is 0.826. The summed E-state index contributed by atoms with van der Waals surface area (Å²) in [6, 6.07) is 7.99. The number of methoxy groups -OCH3 is 1. The van der Waals surface area contributed by atoms with Crippen LogP contribution in [0.3, 0.4) is 0 Å². The molecule has 3 heteroatoms. The smallest absolute Gasteiger partial charge is 0.136 e. The van der Waals surface area contributed by atoms with Crippen molar-refractivity contribution in [1.82, 2.24) is 4.98 Å². The Balaban J connectivity index is 1.97. The van der Waals surface area contributed by atoms with Crippen molar-refractivity contribution in [3.8, 4) is 11.5 Å². The van der Waals surface area contributed by atoms with Crippen LogP contribution < -0.4 is 4.74 Å². The Kier molecular flexibility index (Phi) is 3.15. The summed E-state index contributed by atoms with van der Waals surface area (Å²) in [5, 5.41) is 9.46. The minimum Gasteiger partial charge on any atom is -0.506 e. The SMILES string of the molecule is COc1ccc(CCc2c[nH]cc2O)cc1. The molecule has 2 N–H and O–H groups in total.